The molecule has 28 heavy (non-hydrogen) atoms. The fourth-order valence-electron chi connectivity index (χ4n) is 4.20. The van der Waals surface area contributed by atoms with Crippen LogP contribution in [0.4, 0.5) is 0 Å². The second-order valence-electron chi connectivity index (χ2n) is 7.62. The van der Waals surface area contributed by atoms with Gasteiger partial charge in [0.25, 0.3) is 12.0 Å². The number of carbonyl (C=O) groups excluding carboxylic acids is 1. The van der Waals surface area contributed by atoms with E-state index in [-0.39, 0.29) is 5.97 Å². The van der Waals surface area contributed by atoms with E-state index in [1.807, 2.05) is 28.6 Å². The van der Waals surface area contributed by atoms with E-state index in [0.717, 1.165) is 22.5 Å². The molecular formula is C24H29N2O2+. The molecule has 0 N–H and O–H groups in total. The summed E-state index contributed by atoms with van der Waals surface area (Å²) in [6.07, 6.45) is 3.86. The number of ether oxygens (including phenoxy) is 1. The summed E-state index contributed by atoms with van der Waals surface area (Å²) in [5.41, 5.74) is 9.69. The molecule has 2 aromatic carbocycles. The standard InChI is InChI=1S/C24H29N2O2/c1-8-28-24(27)21-13-25(22-17(4)9-15(2)10-18(22)5)14-26(21)23-19(6)11-16(3)12-20(23)7/h9-14H,8H2,1-7H3/q+1. The fraction of sp³-hybridized carbons (Fsp3) is 0.333. The van der Waals surface area contributed by atoms with Crippen molar-refractivity contribution in [1.29, 1.82) is 0 Å². The molecule has 0 bridgehead atoms. The van der Waals surface area contributed by atoms with E-state index in [1.165, 1.54) is 22.3 Å². The molecule has 0 aliphatic carbocycles. The zero-order valence-electron chi connectivity index (χ0n) is 17.9. The summed E-state index contributed by atoms with van der Waals surface area (Å²) in [5.74, 6) is -0.317. The second-order valence-corrected chi connectivity index (χ2v) is 7.62. The third kappa shape index (κ3) is 3.59. The molecule has 1 aromatic heterocycles. The highest BCUT2D eigenvalue weighted by atomic mass is 16.5. The Kier molecular flexibility index (Phi) is 5.41. The molecule has 0 amide bonds. The molecule has 0 saturated heterocycles. The van der Waals surface area contributed by atoms with Crippen LogP contribution in [0.5, 0.6) is 0 Å². The quantitative estimate of drug-likeness (QED) is 0.484. The van der Waals surface area contributed by atoms with Crippen molar-refractivity contribution >= 4 is 5.97 Å². The molecule has 0 fully saturated rings. The topological polar surface area (TPSA) is 35.1 Å². The van der Waals surface area contributed by atoms with Crippen molar-refractivity contribution in [1.82, 2.24) is 4.57 Å². The summed E-state index contributed by atoms with van der Waals surface area (Å²) in [5, 5.41) is 0. The number of esters is 1. The predicted molar refractivity (Wildman–Crippen MR) is 112 cm³/mol. The van der Waals surface area contributed by atoms with Crippen molar-refractivity contribution in [2.75, 3.05) is 6.61 Å². The highest BCUT2D eigenvalue weighted by Gasteiger charge is 2.27. The van der Waals surface area contributed by atoms with Gasteiger partial charge in [0, 0.05) is 0 Å². The van der Waals surface area contributed by atoms with Gasteiger partial charge in [-0.1, -0.05) is 35.4 Å². The molecule has 0 spiro atoms. The lowest BCUT2D eigenvalue weighted by Gasteiger charge is -2.09. The van der Waals surface area contributed by atoms with Gasteiger partial charge in [-0.25, -0.2) is 9.36 Å². The molecule has 3 aromatic rings. The Bertz CT molecular complexity index is 1010. The van der Waals surface area contributed by atoms with Crippen LogP contribution in [0.15, 0.2) is 36.8 Å². The summed E-state index contributed by atoms with van der Waals surface area (Å²) in [6, 6.07) is 8.62. The molecule has 0 aliphatic rings. The Balaban J connectivity index is 2.28. The smallest absolute Gasteiger partial charge is 0.382 e. The lowest BCUT2D eigenvalue weighted by Crippen LogP contribution is -2.30. The lowest BCUT2D eigenvalue weighted by atomic mass is 10.0. The predicted octanol–water partition coefficient (Wildman–Crippen LogP) is 4.78. The van der Waals surface area contributed by atoms with Gasteiger partial charge in [-0.15, -0.1) is 0 Å². The molecule has 4 nitrogen and oxygen atoms in total. The van der Waals surface area contributed by atoms with Gasteiger partial charge in [0.05, 0.1) is 6.61 Å². The zero-order chi connectivity index (χ0) is 20.6. The summed E-state index contributed by atoms with van der Waals surface area (Å²) < 4.78 is 9.35. The maximum atomic E-state index is 12.7. The van der Waals surface area contributed by atoms with Gasteiger partial charge in [0.2, 0.25) is 0 Å². The van der Waals surface area contributed by atoms with E-state index in [2.05, 4.69) is 65.8 Å². The van der Waals surface area contributed by atoms with Crippen LogP contribution in [0.2, 0.25) is 0 Å². The third-order valence-electron chi connectivity index (χ3n) is 5.02. The summed E-state index contributed by atoms with van der Waals surface area (Å²) in [6.45, 7) is 14.7. The summed E-state index contributed by atoms with van der Waals surface area (Å²) >= 11 is 0. The Morgan fingerprint density at radius 2 is 1.39 bits per heavy atom. The van der Waals surface area contributed by atoms with Crippen molar-refractivity contribution in [2.24, 2.45) is 0 Å². The van der Waals surface area contributed by atoms with Gasteiger partial charge in [0.15, 0.2) is 6.20 Å². The van der Waals surface area contributed by atoms with Gasteiger partial charge < -0.3 is 4.74 Å². The Hall–Kier alpha value is -2.88. The highest BCUT2D eigenvalue weighted by Crippen LogP contribution is 2.24. The van der Waals surface area contributed by atoms with Crippen LogP contribution in [-0.2, 0) is 4.74 Å². The number of hydrogen-bond acceptors (Lipinski definition) is 2. The summed E-state index contributed by atoms with van der Waals surface area (Å²) in [7, 11) is 0. The van der Waals surface area contributed by atoms with Crippen LogP contribution >= 0.6 is 0 Å². The Morgan fingerprint density at radius 3 is 1.89 bits per heavy atom. The van der Waals surface area contributed by atoms with Crippen molar-refractivity contribution in [2.45, 2.75) is 48.5 Å². The average Bonchev–Trinajstić information content (AvgIpc) is 2.97. The lowest BCUT2D eigenvalue weighted by molar-refractivity contribution is -0.595. The number of aryl methyl sites for hydroxylation is 6. The molecule has 1 heterocycles. The average molecular weight is 378 g/mol. The molecule has 0 aliphatic heterocycles. The number of nitrogens with zero attached hydrogens (tertiary/aromatic N) is 2. The van der Waals surface area contributed by atoms with Crippen molar-refractivity contribution in [3.05, 3.63) is 75.9 Å². The summed E-state index contributed by atoms with van der Waals surface area (Å²) in [4.78, 5) is 12.7. The minimum Gasteiger partial charge on any atom is -0.460 e. The van der Waals surface area contributed by atoms with E-state index < -0.39 is 0 Å². The number of imidazole rings is 1. The normalized spacial score (nSPS) is 11.0. The van der Waals surface area contributed by atoms with E-state index >= 15 is 0 Å². The Labute approximate surface area is 167 Å². The first-order valence-electron chi connectivity index (χ1n) is 9.70. The molecule has 146 valence electrons. The SMILES string of the molecule is CCOC(=O)c1c[n+](-c2c(C)cc(C)cc2C)cn1-c1c(C)cc(C)cc1C. The van der Waals surface area contributed by atoms with Crippen molar-refractivity contribution in [3.8, 4) is 11.4 Å². The number of hydrogen-bond donors (Lipinski definition) is 0. The highest BCUT2D eigenvalue weighted by molar-refractivity contribution is 5.88. The van der Waals surface area contributed by atoms with Crippen LogP contribution in [0.1, 0.15) is 50.8 Å². The Morgan fingerprint density at radius 1 is 0.893 bits per heavy atom. The molecule has 0 saturated carbocycles. The number of aromatic nitrogens is 2. The van der Waals surface area contributed by atoms with Crippen molar-refractivity contribution < 1.29 is 14.1 Å². The van der Waals surface area contributed by atoms with Gasteiger partial charge in [0.1, 0.15) is 11.4 Å². The van der Waals surface area contributed by atoms with Crippen molar-refractivity contribution in [3.63, 3.8) is 0 Å². The molecule has 3 rings (SSSR count). The van der Waals surface area contributed by atoms with Gasteiger partial charge in [-0.2, -0.15) is 4.57 Å². The molecule has 0 radical (unpaired) electrons. The van der Waals surface area contributed by atoms with Crippen LogP contribution < -0.4 is 4.57 Å². The molecular weight excluding hydrogens is 348 g/mol. The minimum atomic E-state index is -0.317. The van der Waals surface area contributed by atoms with Gasteiger partial charge in [-0.05, 0) is 70.7 Å². The van der Waals surface area contributed by atoms with Gasteiger partial charge >= 0.3 is 5.97 Å². The van der Waals surface area contributed by atoms with Crippen LogP contribution in [0, 0.1) is 41.5 Å². The third-order valence-corrected chi connectivity index (χ3v) is 5.02. The zero-order valence-corrected chi connectivity index (χ0v) is 17.9. The minimum absolute atomic E-state index is 0.317. The largest absolute Gasteiger partial charge is 0.460 e. The fourth-order valence-corrected chi connectivity index (χ4v) is 4.20. The van der Waals surface area contributed by atoms with Crippen LogP contribution in [0.25, 0.3) is 11.4 Å². The maximum Gasteiger partial charge on any atom is 0.382 e. The van der Waals surface area contributed by atoms with Crippen LogP contribution in [0.3, 0.4) is 0 Å². The van der Waals surface area contributed by atoms with E-state index in [4.69, 9.17) is 4.74 Å². The molecule has 0 unspecified atom stereocenters. The van der Waals surface area contributed by atoms with E-state index in [1.54, 1.807) is 0 Å². The first-order chi connectivity index (χ1) is 13.2. The first-order valence-corrected chi connectivity index (χ1v) is 9.70. The van der Waals surface area contributed by atoms with E-state index in [0.29, 0.717) is 12.3 Å². The number of benzene rings is 2. The second kappa shape index (κ2) is 7.63. The number of carbonyl (C=O) groups is 1. The van der Waals surface area contributed by atoms with Gasteiger partial charge in [-0.3, -0.25) is 0 Å². The first kappa shape index (κ1) is 19.9. The van der Waals surface area contributed by atoms with E-state index in [9.17, 15) is 4.79 Å². The molecule has 0 atom stereocenters. The van der Waals surface area contributed by atoms with Crippen LogP contribution in [-0.4, -0.2) is 17.1 Å². The molecule has 4 heteroatoms. The number of rotatable bonds is 4. The maximum absolute atomic E-state index is 12.7. The monoisotopic (exact) mass is 377 g/mol.